The smallest absolute Gasteiger partial charge is 0.244 e. The maximum atomic E-state index is 12.5. The zero-order valence-corrected chi connectivity index (χ0v) is 15.9. The molecule has 2 aromatic carbocycles. The number of rotatable bonds is 5. The zero-order valence-electron chi connectivity index (χ0n) is 14.3. The first kappa shape index (κ1) is 18.0. The second-order valence-corrected chi connectivity index (χ2v) is 6.50. The van der Waals surface area contributed by atoms with Crippen molar-refractivity contribution >= 4 is 38.4 Å². The van der Waals surface area contributed by atoms with E-state index >= 15 is 0 Å². The van der Waals surface area contributed by atoms with Crippen molar-refractivity contribution in [1.29, 1.82) is 0 Å². The fraction of sp³-hybridized carbons (Fsp3) is 0.158. The molecule has 0 atom stereocenters. The summed E-state index contributed by atoms with van der Waals surface area (Å²) in [5.74, 6) is 0.903. The maximum Gasteiger partial charge on any atom is 0.244 e. The number of ether oxygens (including phenoxy) is 2. The lowest BCUT2D eigenvalue weighted by Crippen LogP contribution is -2.20. The summed E-state index contributed by atoms with van der Waals surface area (Å²) in [5.41, 5.74) is 1.15. The van der Waals surface area contributed by atoms with Crippen LogP contribution in [0.15, 0.2) is 57.9 Å². The van der Waals surface area contributed by atoms with E-state index in [9.17, 15) is 9.59 Å². The normalized spacial score (nSPS) is 10.6. The van der Waals surface area contributed by atoms with Crippen LogP contribution in [0.3, 0.4) is 0 Å². The highest BCUT2D eigenvalue weighted by Gasteiger charge is 2.11. The van der Waals surface area contributed by atoms with Gasteiger partial charge in [-0.2, -0.15) is 0 Å². The van der Waals surface area contributed by atoms with Gasteiger partial charge in [0.1, 0.15) is 18.0 Å². The van der Waals surface area contributed by atoms with Gasteiger partial charge in [0, 0.05) is 28.2 Å². The number of benzene rings is 2. The molecule has 0 unspecified atom stereocenters. The van der Waals surface area contributed by atoms with Gasteiger partial charge >= 0.3 is 0 Å². The molecule has 0 bridgehead atoms. The molecule has 134 valence electrons. The number of pyridine rings is 1. The molecule has 1 amide bonds. The molecule has 0 saturated heterocycles. The van der Waals surface area contributed by atoms with Crippen molar-refractivity contribution in [3.8, 4) is 11.5 Å². The summed E-state index contributed by atoms with van der Waals surface area (Å²) in [5, 5.41) is 3.39. The Morgan fingerprint density at radius 1 is 1.12 bits per heavy atom. The van der Waals surface area contributed by atoms with Gasteiger partial charge in [0.05, 0.1) is 25.4 Å². The predicted octanol–water partition coefficient (Wildman–Crippen LogP) is 3.42. The second-order valence-electron chi connectivity index (χ2n) is 5.58. The van der Waals surface area contributed by atoms with Gasteiger partial charge in [0.2, 0.25) is 5.91 Å². The third-order valence-electron chi connectivity index (χ3n) is 3.94. The topological polar surface area (TPSA) is 69.6 Å². The Kier molecular flexibility index (Phi) is 5.27. The van der Waals surface area contributed by atoms with Crippen LogP contribution >= 0.6 is 15.9 Å². The fourth-order valence-corrected chi connectivity index (χ4v) is 3.01. The van der Waals surface area contributed by atoms with E-state index in [0.29, 0.717) is 28.1 Å². The third-order valence-corrected chi connectivity index (χ3v) is 4.43. The third kappa shape index (κ3) is 3.72. The van der Waals surface area contributed by atoms with Crippen molar-refractivity contribution in [3.05, 3.63) is 63.4 Å². The Labute approximate surface area is 158 Å². The largest absolute Gasteiger partial charge is 0.497 e. The van der Waals surface area contributed by atoms with Crippen molar-refractivity contribution in [2.75, 3.05) is 19.5 Å². The fourth-order valence-electron chi connectivity index (χ4n) is 2.66. The number of carbonyl (C=O) groups excluding carboxylic acids is 1. The highest BCUT2D eigenvalue weighted by atomic mass is 79.9. The highest BCUT2D eigenvalue weighted by Crippen LogP contribution is 2.29. The average Bonchev–Trinajstić information content (AvgIpc) is 2.64. The quantitative estimate of drug-likeness (QED) is 0.691. The number of hydrogen-bond acceptors (Lipinski definition) is 4. The first-order chi connectivity index (χ1) is 12.5. The van der Waals surface area contributed by atoms with E-state index < -0.39 is 0 Å². The molecule has 26 heavy (non-hydrogen) atoms. The SMILES string of the molecule is COc1ccc(NC(=O)Cn2ccc(=O)c3ccc(Br)cc32)c(OC)c1. The van der Waals surface area contributed by atoms with E-state index in [2.05, 4.69) is 21.2 Å². The first-order valence-electron chi connectivity index (χ1n) is 7.82. The molecule has 3 aromatic rings. The zero-order chi connectivity index (χ0) is 18.7. The minimum Gasteiger partial charge on any atom is -0.497 e. The van der Waals surface area contributed by atoms with E-state index in [-0.39, 0.29) is 17.9 Å². The van der Waals surface area contributed by atoms with Crippen molar-refractivity contribution in [1.82, 2.24) is 4.57 Å². The Balaban J connectivity index is 1.87. The molecule has 0 radical (unpaired) electrons. The number of fused-ring (bicyclic) bond motifs is 1. The number of amides is 1. The molecule has 0 aliphatic rings. The molecule has 6 nitrogen and oxygen atoms in total. The molecule has 0 spiro atoms. The van der Waals surface area contributed by atoms with Crippen molar-refractivity contribution in [3.63, 3.8) is 0 Å². The van der Waals surface area contributed by atoms with Gasteiger partial charge in [-0.1, -0.05) is 15.9 Å². The van der Waals surface area contributed by atoms with Crippen LogP contribution in [0.4, 0.5) is 5.69 Å². The van der Waals surface area contributed by atoms with Gasteiger partial charge in [0.25, 0.3) is 0 Å². The van der Waals surface area contributed by atoms with E-state index in [1.54, 1.807) is 48.2 Å². The Morgan fingerprint density at radius 2 is 1.92 bits per heavy atom. The molecule has 1 N–H and O–H groups in total. The van der Waals surface area contributed by atoms with Gasteiger partial charge in [-0.15, -0.1) is 0 Å². The first-order valence-corrected chi connectivity index (χ1v) is 8.61. The van der Waals surface area contributed by atoms with Gasteiger partial charge in [-0.3, -0.25) is 9.59 Å². The molecule has 7 heteroatoms. The monoisotopic (exact) mass is 416 g/mol. The lowest BCUT2D eigenvalue weighted by molar-refractivity contribution is -0.116. The second kappa shape index (κ2) is 7.61. The number of nitrogens with zero attached hydrogens (tertiary/aromatic N) is 1. The van der Waals surface area contributed by atoms with Crippen LogP contribution in [-0.2, 0) is 11.3 Å². The minimum atomic E-state index is -0.238. The summed E-state index contributed by atoms with van der Waals surface area (Å²) in [6.07, 6.45) is 1.61. The van der Waals surface area contributed by atoms with Crippen LogP contribution in [0.2, 0.25) is 0 Å². The molecule has 0 aliphatic carbocycles. The lowest BCUT2D eigenvalue weighted by Gasteiger charge is -2.14. The summed E-state index contributed by atoms with van der Waals surface area (Å²) in [6.45, 7) is 0.0580. The van der Waals surface area contributed by atoms with E-state index in [1.165, 1.54) is 13.2 Å². The number of hydrogen-bond donors (Lipinski definition) is 1. The van der Waals surface area contributed by atoms with E-state index in [1.807, 2.05) is 6.07 Å². The molecule has 0 aliphatic heterocycles. The van der Waals surface area contributed by atoms with Gasteiger partial charge in [-0.05, 0) is 30.3 Å². The standard InChI is InChI=1S/C19H17BrN2O4/c1-25-13-4-6-15(18(10-13)26-2)21-19(24)11-22-8-7-17(23)14-5-3-12(20)9-16(14)22/h3-10H,11H2,1-2H3,(H,21,24). The maximum absolute atomic E-state index is 12.5. The van der Waals surface area contributed by atoms with Crippen LogP contribution in [-0.4, -0.2) is 24.7 Å². The molecular weight excluding hydrogens is 400 g/mol. The Morgan fingerprint density at radius 3 is 2.65 bits per heavy atom. The Hall–Kier alpha value is -2.80. The van der Waals surface area contributed by atoms with Gasteiger partial charge in [-0.25, -0.2) is 0 Å². The average molecular weight is 417 g/mol. The summed E-state index contributed by atoms with van der Waals surface area (Å²) < 4.78 is 13.0. The van der Waals surface area contributed by atoms with E-state index in [4.69, 9.17) is 9.47 Å². The van der Waals surface area contributed by atoms with Crippen LogP contribution < -0.4 is 20.2 Å². The summed E-state index contributed by atoms with van der Waals surface area (Å²) in [4.78, 5) is 24.5. The van der Waals surface area contributed by atoms with Crippen LogP contribution in [0.1, 0.15) is 0 Å². The van der Waals surface area contributed by atoms with Gasteiger partial charge in [0.15, 0.2) is 5.43 Å². The minimum absolute atomic E-state index is 0.0580. The van der Waals surface area contributed by atoms with E-state index in [0.717, 1.165) is 4.47 Å². The summed E-state index contributed by atoms with van der Waals surface area (Å²) in [6, 6.07) is 12.0. The molecular formula is C19H17BrN2O4. The summed E-state index contributed by atoms with van der Waals surface area (Å²) in [7, 11) is 3.09. The molecule has 1 heterocycles. The van der Waals surface area contributed by atoms with Crippen LogP contribution in [0.5, 0.6) is 11.5 Å². The molecule has 3 rings (SSSR count). The summed E-state index contributed by atoms with van der Waals surface area (Å²) >= 11 is 3.40. The lowest BCUT2D eigenvalue weighted by atomic mass is 10.2. The van der Waals surface area contributed by atoms with Crippen LogP contribution in [0, 0.1) is 0 Å². The highest BCUT2D eigenvalue weighted by molar-refractivity contribution is 9.10. The number of nitrogens with one attached hydrogen (secondary N) is 1. The molecule has 1 aromatic heterocycles. The number of aromatic nitrogens is 1. The number of halogens is 1. The number of methoxy groups -OCH3 is 2. The van der Waals surface area contributed by atoms with Crippen LogP contribution in [0.25, 0.3) is 10.9 Å². The van der Waals surface area contributed by atoms with Gasteiger partial charge < -0.3 is 19.4 Å². The Bertz CT molecular complexity index is 1030. The van der Waals surface area contributed by atoms with Crippen molar-refractivity contribution in [2.24, 2.45) is 0 Å². The molecule has 0 fully saturated rings. The van der Waals surface area contributed by atoms with Crippen molar-refractivity contribution in [2.45, 2.75) is 6.54 Å². The predicted molar refractivity (Wildman–Crippen MR) is 104 cm³/mol. The number of anilines is 1. The molecule has 0 saturated carbocycles. The van der Waals surface area contributed by atoms with Crippen molar-refractivity contribution < 1.29 is 14.3 Å². The number of carbonyl (C=O) groups is 1.